The van der Waals surface area contributed by atoms with Crippen LogP contribution in [0.2, 0.25) is 0 Å². The number of halogens is 3. The van der Waals surface area contributed by atoms with Crippen LogP contribution < -0.4 is 5.32 Å². The third-order valence-corrected chi connectivity index (χ3v) is 3.02. The standard InChI is InChI=1S/C8H9F3N6S/c1-17-4-13-14-5(17)2-3-12-7-16-15-6(18-7)8(9,10)11/h4H,2-3H2,1H3,(H,12,16). The molecule has 0 spiro atoms. The van der Waals surface area contributed by atoms with Crippen molar-refractivity contribution in [1.82, 2.24) is 25.0 Å². The topological polar surface area (TPSA) is 68.5 Å². The van der Waals surface area contributed by atoms with Crippen LogP contribution in [0, 0.1) is 0 Å². The van der Waals surface area contributed by atoms with Crippen LogP contribution in [-0.4, -0.2) is 31.5 Å². The third kappa shape index (κ3) is 2.94. The molecule has 0 saturated heterocycles. The van der Waals surface area contributed by atoms with Gasteiger partial charge in [0, 0.05) is 20.0 Å². The Morgan fingerprint density at radius 2 is 2.11 bits per heavy atom. The smallest absolute Gasteiger partial charge is 0.360 e. The van der Waals surface area contributed by atoms with Crippen molar-refractivity contribution in [1.29, 1.82) is 0 Å². The Morgan fingerprint density at radius 3 is 2.67 bits per heavy atom. The van der Waals surface area contributed by atoms with E-state index in [4.69, 9.17) is 0 Å². The van der Waals surface area contributed by atoms with E-state index in [0.717, 1.165) is 5.82 Å². The maximum Gasteiger partial charge on any atom is 0.445 e. The van der Waals surface area contributed by atoms with Gasteiger partial charge in [-0.25, -0.2) is 0 Å². The van der Waals surface area contributed by atoms with Gasteiger partial charge in [0.05, 0.1) is 0 Å². The fraction of sp³-hybridized carbons (Fsp3) is 0.500. The maximum atomic E-state index is 12.3. The summed E-state index contributed by atoms with van der Waals surface area (Å²) in [4.78, 5) is 0. The summed E-state index contributed by atoms with van der Waals surface area (Å²) in [6, 6.07) is 0. The summed E-state index contributed by atoms with van der Waals surface area (Å²) in [5, 5.41) is 16.0. The molecule has 10 heteroatoms. The van der Waals surface area contributed by atoms with E-state index < -0.39 is 11.2 Å². The Balaban J connectivity index is 1.88. The highest BCUT2D eigenvalue weighted by molar-refractivity contribution is 7.15. The van der Waals surface area contributed by atoms with Gasteiger partial charge in [0.2, 0.25) is 10.1 Å². The number of nitrogens with one attached hydrogen (secondary N) is 1. The number of alkyl halides is 3. The normalized spacial score (nSPS) is 11.8. The SMILES string of the molecule is Cn1cnnc1CCNc1nnc(C(F)(F)F)s1. The van der Waals surface area contributed by atoms with Gasteiger partial charge >= 0.3 is 6.18 Å². The summed E-state index contributed by atoms with van der Waals surface area (Å²) >= 11 is 0.480. The largest absolute Gasteiger partial charge is 0.445 e. The summed E-state index contributed by atoms with van der Waals surface area (Å²) in [5.41, 5.74) is 0. The van der Waals surface area contributed by atoms with Crippen molar-refractivity contribution in [2.75, 3.05) is 11.9 Å². The van der Waals surface area contributed by atoms with Crippen LogP contribution in [0.1, 0.15) is 10.8 Å². The zero-order valence-electron chi connectivity index (χ0n) is 9.27. The van der Waals surface area contributed by atoms with Crippen molar-refractivity contribution >= 4 is 16.5 Å². The lowest BCUT2D eigenvalue weighted by Crippen LogP contribution is -2.08. The average molecular weight is 278 g/mol. The summed E-state index contributed by atoms with van der Waals surface area (Å²) in [6.07, 6.45) is -2.35. The second-order valence-corrected chi connectivity index (χ2v) is 4.42. The molecule has 1 N–H and O–H groups in total. The van der Waals surface area contributed by atoms with Crippen molar-refractivity contribution in [2.45, 2.75) is 12.6 Å². The van der Waals surface area contributed by atoms with Gasteiger partial charge in [0.25, 0.3) is 0 Å². The van der Waals surface area contributed by atoms with Gasteiger partial charge in [0.15, 0.2) is 0 Å². The molecule has 2 aromatic rings. The summed E-state index contributed by atoms with van der Waals surface area (Å²) in [7, 11) is 1.79. The Hall–Kier alpha value is -1.71. The zero-order valence-corrected chi connectivity index (χ0v) is 10.1. The van der Waals surface area contributed by atoms with Crippen molar-refractivity contribution in [3.63, 3.8) is 0 Å². The van der Waals surface area contributed by atoms with Crippen molar-refractivity contribution in [2.24, 2.45) is 7.05 Å². The quantitative estimate of drug-likeness (QED) is 0.914. The molecule has 0 bridgehead atoms. The number of nitrogens with zero attached hydrogens (tertiary/aromatic N) is 5. The first kappa shape index (κ1) is 12.7. The molecule has 0 aliphatic rings. The number of anilines is 1. The van der Waals surface area contributed by atoms with Gasteiger partial charge in [0.1, 0.15) is 12.2 Å². The molecule has 0 amide bonds. The number of rotatable bonds is 4. The van der Waals surface area contributed by atoms with Gasteiger partial charge < -0.3 is 9.88 Å². The summed E-state index contributed by atoms with van der Waals surface area (Å²) in [6.45, 7) is 0.416. The van der Waals surface area contributed by atoms with Crippen molar-refractivity contribution in [3.05, 3.63) is 17.2 Å². The molecule has 0 atom stereocenters. The van der Waals surface area contributed by atoms with Crippen LogP contribution in [0.3, 0.4) is 0 Å². The lowest BCUT2D eigenvalue weighted by molar-refractivity contribution is -0.138. The minimum atomic E-state index is -4.44. The highest BCUT2D eigenvalue weighted by Gasteiger charge is 2.35. The zero-order chi connectivity index (χ0) is 13.2. The first-order chi connectivity index (χ1) is 8.47. The Kier molecular flexibility index (Phi) is 3.45. The van der Waals surface area contributed by atoms with Crippen LogP contribution >= 0.6 is 11.3 Å². The van der Waals surface area contributed by atoms with Crippen LogP contribution in [0.25, 0.3) is 0 Å². The lowest BCUT2D eigenvalue weighted by atomic mass is 10.4. The molecule has 6 nitrogen and oxygen atoms in total. The summed E-state index contributed by atoms with van der Waals surface area (Å²) in [5.74, 6) is 0.739. The fourth-order valence-corrected chi connectivity index (χ4v) is 1.86. The second kappa shape index (κ2) is 4.88. The van der Waals surface area contributed by atoms with Gasteiger partial charge in [-0.1, -0.05) is 11.3 Å². The van der Waals surface area contributed by atoms with Crippen LogP contribution in [0.4, 0.5) is 18.3 Å². The van der Waals surface area contributed by atoms with Crippen LogP contribution in [0.15, 0.2) is 6.33 Å². The number of aromatic nitrogens is 5. The van der Waals surface area contributed by atoms with E-state index in [1.165, 1.54) is 0 Å². The van der Waals surface area contributed by atoms with Crippen LogP contribution in [-0.2, 0) is 19.6 Å². The van der Waals surface area contributed by atoms with E-state index in [1.807, 2.05) is 0 Å². The Morgan fingerprint density at radius 1 is 1.33 bits per heavy atom. The monoisotopic (exact) mass is 278 g/mol. The predicted octanol–water partition coefficient (Wildman–Crippen LogP) is 1.34. The molecule has 0 fully saturated rings. The molecule has 2 rings (SSSR count). The van der Waals surface area contributed by atoms with Crippen LogP contribution in [0.5, 0.6) is 0 Å². The minimum absolute atomic E-state index is 0.143. The highest BCUT2D eigenvalue weighted by atomic mass is 32.1. The van der Waals surface area contributed by atoms with E-state index in [0.29, 0.717) is 24.3 Å². The molecule has 98 valence electrons. The molecular weight excluding hydrogens is 269 g/mol. The second-order valence-electron chi connectivity index (χ2n) is 3.44. The fourth-order valence-electron chi connectivity index (χ4n) is 1.22. The Bertz CT molecular complexity index is 519. The number of hydrogen-bond donors (Lipinski definition) is 1. The average Bonchev–Trinajstić information content (AvgIpc) is 2.88. The minimum Gasteiger partial charge on any atom is -0.360 e. The third-order valence-electron chi connectivity index (χ3n) is 2.10. The molecule has 0 aromatic carbocycles. The first-order valence-electron chi connectivity index (χ1n) is 4.94. The molecule has 18 heavy (non-hydrogen) atoms. The molecule has 2 aromatic heterocycles. The van der Waals surface area contributed by atoms with E-state index in [1.54, 1.807) is 17.9 Å². The molecule has 2 heterocycles. The van der Waals surface area contributed by atoms with Gasteiger partial charge in [-0.3, -0.25) is 0 Å². The Labute approximate surface area is 104 Å². The molecule has 0 radical (unpaired) electrons. The lowest BCUT2D eigenvalue weighted by Gasteiger charge is -2.01. The van der Waals surface area contributed by atoms with Gasteiger partial charge in [-0.15, -0.1) is 20.4 Å². The van der Waals surface area contributed by atoms with E-state index in [9.17, 15) is 13.2 Å². The number of hydrogen-bond acceptors (Lipinski definition) is 6. The maximum absolute atomic E-state index is 12.3. The molecule has 0 unspecified atom stereocenters. The molecule has 0 aliphatic carbocycles. The summed E-state index contributed by atoms with van der Waals surface area (Å²) < 4.78 is 38.5. The van der Waals surface area contributed by atoms with Gasteiger partial charge in [-0.05, 0) is 0 Å². The molecular formula is C8H9F3N6S. The molecule has 0 aliphatic heterocycles. The predicted molar refractivity (Wildman–Crippen MR) is 58.1 cm³/mol. The van der Waals surface area contributed by atoms with Crippen molar-refractivity contribution < 1.29 is 13.2 Å². The van der Waals surface area contributed by atoms with E-state index >= 15 is 0 Å². The van der Waals surface area contributed by atoms with E-state index in [2.05, 4.69) is 25.7 Å². The highest BCUT2D eigenvalue weighted by Crippen LogP contribution is 2.32. The van der Waals surface area contributed by atoms with Gasteiger partial charge in [-0.2, -0.15) is 13.2 Å². The number of aryl methyl sites for hydroxylation is 1. The van der Waals surface area contributed by atoms with E-state index in [-0.39, 0.29) is 5.13 Å². The first-order valence-corrected chi connectivity index (χ1v) is 5.76. The van der Waals surface area contributed by atoms with Crippen molar-refractivity contribution in [3.8, 4) is 0 Å². The molecule has 0 saturated carbocycles.